The summed E-state index contributed by atoms with van der Waals surface area (Å²) in [5, 5.41) is 8.40. The van der Waals surface area contributed by atoms with E-state index in [2.05, 4.69) is 20.2 Å². The maximum atomic E-state index is 15.4. The SMILES string of the molecule is C[C@H](c1ccc(F)cc1)n1cc(-c2ccnc(-c3ccn4nc(N)nc4c3)c2F)cn1. The number of pyridine rings is 2. The summed E-state index contributed by atoms with van der Waals surface area (Å²) in [5.41, 5.74) is 8.77. The van der Waals surface area contributed by atoms with Crippen LogP contribution in [0.15, 0.2) is 67.3 Å². The molecule has 1 atom stereocenters. The number of nitrogens with zero attached hydrogens (tertiary/aromatic N) is 6. The minimum Gasteiger partial charge on any atom is -0.366 e. The van der Waals surface area contributed by atoms with Crippen LogP contribution in [0.3, 0.4) is 0 Å². The van der Waals surface area contributed by atoms with Gasteiger partial charge in [-0.25, -0.2) is 13.3 Å². The minimum atomic E-state index is -0.465. The van der Waals surface area contributed by atoms with Crippen LogP contribution >= 0.6 is 0 Å². The van der Waals surface area contributed by atoms with E-state index in [1.807, 2.05) is 6.92 Å². The van der Waals surface area contributed by atoms with Crippen molar-refractivity contribution in [3.8, 4) is 22.4 Å². The monoisotopic (exact) mass is 417 g/mol. The number of anilines is 1. The summed E-state index contributed by atoms with van der Waals surface area (Å²) in [6.45, 7) is 1.94. The lowest BCUT2D eigenvalue weighted by Gasteiger charge is -2.12. The van der Waals surface area contributed by atoms with Gasteiger partial charge in [0, 0.05) is 35.3 Å². The van der Waals surface area contributed by atoms with Crippen LogP contribution in [0.5, 0.6) is 0 Å². The van der Waals surface area contributed by atoms with Gasteiger partial charge in [0.05, 0.1) is 12.2 Å². The number of hydrogen-bond donors (Lipinski definition) is 1. The Morgan fingerprint density at radius 2 is 1.84 bits per heavy atom. The predicted octanol–water partition coefficient (Wildman–Crippen LogP) is 4.12. The number of fused-ring (bicyclic) bond motifs is 1. The Balaban J connectivity index is 1.50. The number of halogens is 2. The smallest absolute Gasteiger partial charge is 0.240 e. The average molecular weight is 417 g/mol. The molecule has 5 rings (SSSR count). The van der Waals surface area contributed by atoms with Gasteiger partial charge in [0.25, 0.3) is 0 Å². The maximum Gasteiger partial charge on any atom is 0.240 e. The standard InChI is InChI=1S/C22H17F2N7/c1-13(14-2-4-17(23)5-3-14)31-12-16(11-27-31)18-6-8-26-21(20(18)24)15-7-9-30-19(10-15)28-22(25)29-30/h2-13H,1H3,(H2,25,29)/t13-/m1/s1. The Morgan fingerprint density at radius 3 is 2.65 bits per heavy atom. The van der Waals surface area contributed by atoms with Crippen LogP contribution < -0.4 is 5.73 Å². The number of hydrogen-bond acceptors (Lipinski definition) is 5. The number of nitrogen functional groups attached to an aromatic ring is 1. The van der Waals surface area contributed by atoms with Gasteiger partial charge in [-0.1, -0.05) is 12.1 Å². The van der Waals surface area contributed by atoms with Crippen molar-refractivity contribution in [1.82, 2.24) is 29.4 Å². The van der Waals surface area contributed by atoms with E-state index in [1.54, 1.807) is 59.8 Å². The van der Waals surface area contributed by atoms with E-state index in [1.165, 1.54) is 16.6 Å². The molecule has 154 valence electrons. The van der Waals surface area contributed by atoms with E-state index < -0.39 is 5.82 Å². The van der Waals surface area contributed by atoms with Crippen LogP contribution in [0.1, 0.15) is 18.5 Å². The van der Waals surface area contributed by atoms with Gasteiger partial charge < -0.3 is 5.73 Å². The molecule has 31 heavy (non-hydrogen) atoms. The Morgan fingerprint density at radius 1 is 1.03 bits per heavy atom. The quantitative estimate of drug-likeness (QED) is 0.475. The van der Waals surface area contributed by atoms with Gasteiger partial charge in [0.2, 0.25) is 5.95 Å². The van der Waals surface area contributed by atoms with Crippen molar-refractivity contribution in [3.05, 3.63) is 84.4 Å². The Labute approximate surface area is 175 Å². The maximum absolute atomic E-state index is 15.4. The highest BCUT2D eigenvalue weighted by atomic mass is 19.1. The zero-order valence-corrected chi connectivity index (χ0v) is 16.4. The van der Waals surface area contributed by atoms with E-state index in [0.717, 1.165) is 5.56 Å². The highest BCUT2D eigenvalue weighted by Crippen LogP contribution is 2.30. The first-order valence-corrected chi connectivity index (χ1v) is 9.56. The molecule has 4 heterocycles. The first-order chi connectivity index (χ1) is 15.0. The van der Waals surface area contributed by atoms with Crippen LogP contribution in [0.4, 0.5) is 14.7 Å². The van der Waals surface area contributed by atoms with Crippen LogP contribution in [-0.2, 0) is 0 Å². The Bertz CT molecular complexity index is 1390. The summed E-state index contributed by atoms with van der Waals surface area (Å²) in [5.74, 6) is -0.620. The van der Waals surface area contributed by atoms with Crippen molar-refractivity contribution in [3.63, 3.8) is 0 Å². The number of benzene rings is 1. The molecular weight excluding hydrogens is 400 g/mol. The molecule has 0 saturated heterocycles. The van der Waals surface area contributed by atoms with Crippen LogP contribution in [0, 0.1) is 11.6 Å². The first kappa shape index (κ1) is 18.9. The van der Waals surface area contributed by atoms with Crippen molar-refractivity contribution < 1.29 is 8.78 Å². The molecule has 7 nitrogen and oxygen atoms in total. The second-order valence-corrected chi connectivity index (χ2v) is 7.15. The highest BCUT2D eigenvalue weighted by Gasteiger charge is 2.17. The van der Waals surface area contributed by atoms with Crippen LogP contribution in [-0.4, -0.2) is 29.4 Å². The second kappa shape index (κ2) is 7.28. The molecule has 0 fully saturated rings. The summed E-state index contributed by atoms with van der Waals surface area (Å²) >= 11 is 0. The van der Waals surface area contributed by atoms with Crippen molar-refractivity contribution in [2.24, 2.45) is 0 Å². The largest absolute Gasteiger partial charge is 0.366 e. The van der Waals surface area contributed by atoms with E-state index in [4.69, 9.17) is 5.73 Å². The van der Waals surface area contributed by atoms with Crippen molar-refractivity contribution in [2.75, 3.05) is 5.73 Å². The lowest BCUT2D eigenvalue weighted by atomic mass is 10.1. The summed E-state index contributed by atoms with van der Waals surface area (Å²) in [4.78, 5) is 8.33. The lowest BCUT2D eigenvalue weighted by Crippen LogP contribution is -2.06. The molecule has 9 heteroatoms. The highest BCUT2D eigenvalue weighted by molar-refractivity contribution is 5.72. The fourth-order valence-electron chi connectivity index (χ4n) is 3.50. The summed E-state index contributed by atoms with van der Waals surface area (Å²) in [6.07, 6.45) is 6.57. The fourth-order valence-corrected chi connectivity index (χ4v) is 3.50. The van der Waals surface area contributed by atoms with Crippen LogP contribution in [0.25, 0.3) is 28.0 Å². The van der Waals surface area contributed by atoms with E-state index in [0.29, 0.717) is 22.3 Å². The molecule has 1 aromatic carbocycles. The van der Waals surface area contributed by atoms with Gasteiger partial charge in [-0.3, -0.25) is 9.67 Å². The van der Waals surface area contributed by atoms with E-state index >= 15 is 4.39 Å². The van der Waals surface area contributed by atoms with Crippen LogP contribution in [0.2, 0.25) is 0 Å². The van der Waals surface area contributed by atoms with Crippen molar-refractivity contribution >= 4 is 11.6 Å². The van der Waals surface area contributed by atoms with Gasteiger partial charge in [0.1, 0.15) is 11.5 Å². The Kier molecular flexibility index (Phi) is 4.43. The molecule has 0 unspecified atom stereocenters. The topological polar surface area (TPSA) is 86.9 Å². The lowest BCUT2D eigenvalue weighted by molar-refractivity contribution is 0.561. The molecular formula is C22H17F2N7. The van der Waals surface area contributed by atoms with E-state index in [9.17, 15) is 4.39 Å². The Hall–Kier alpha value is -4.14. The zero-order valence-electron chi connectivity index (χ0n) is 16.4. The van der Waals surface area contributed by atoms with Gasteiger partial charge >= 0.3 is 0 Å². The molecule has 0 saturated carbocycles. The zero-order chi connectivity index (χ0) is 21.5. The summed E-state index contributed by atoms with van der Waals surface area (Å²) < 4.78 is 31.9. The molecule has 0 aliphatic rings. The van der Waals surface area contributed by atoms with Crippen molar-refractivity contribution in [2.45, 2.75) is 13.0 Å². The van der Waals surface area contributed by atoms with Crippen molar-refractivity contribution in [1.29, 1.82) is 0 Å². The third-order valence-corrected chi connectivity index (χ3v) is 5.18. The van der Waals surface area contributed by atoms with Gasteiger partial charge in [0.15, 0.2) is 11.5 Å². The first-order valence-electron chi connectivity index (χ1n) is 9.56. The number of aromatic nitrogens is 6. The molecule has 0 amide bonds. The second-order valence-electron chi connectivity index (χ2n) is 7.15. The van der Waals surface area contributed by atoms with Gasteiger partial charge in [-0.05, 0) is 42.8 Å². The van der Waals surface area contributed by atoms with Gasteiger partial charge in [-0.2, -0.15) is 10.1 Å². The normalized spacial score (nSPS) is 12.4. The summed E-state index contributed by atoms with van der Waals surface area (Å²) in [7, 11) is 0. The molecule has 5 aromatic rings. The van der Waals surface area contributed by atoms with E-state index in [-0.39, 0.29) is 23.5 Å². The minimum absolute atomic E-state index is 0.139. The molecule has 0 bridgehead atoms. The predicted molar refractivity (Wildman–Crippen MR) is 112 cm³/mol. The molecule has 0 radical (unpaired) electrons. The molecule has 0 aliphatic carbocycles. The number of nitrogens with two attached hydrogens (primary N) is 1. The molecule has 2 N–H and O–H groups in total. The molecule has 4 aromatic heterocycles. The average Bonchev–Trinajstić information content (AvgIpc) is 3.39. The third-order valence-electron chi connectivity index (χ3n) is 5.18. The molecule has 0 aliphatic heterocycles. The fraction of sp³-hybridized carbons (Fsp3) is 0.0909. The number of rotatable bonds is 4. The molecule has 0 spiro atoms. The third kappa shape index (κ3) is 3.39. The summed E-state index contributed by atoms with van der Waals surface area (Å²) in [6, 6.07) is 11.1. The van der Waals surface area contributed by atoms with Gasteiger partial charge in [-0.15, -0.1) is 5.10 Å².